The molecular formula is C22H18F2N4O. The van der Waals surface area contributed by atoms with Crippen molar-refractivity contribution in [3.63, 3.8) is 0 Å². The molecule has 0 bridgehead atoms. The molecule has 0 saturated heterocycles. The number of carbonyl (C=O) groups excluding carboxylic acids is 1. The van der Waals surface area contributed by atoms with E-state index in [1.165, 1.54) is 17.8 Å². The molecule has 0 unspecified atom stereocenters. The lowest BCUT2D eigenvalue weighted by Crippen LogP contribution is -2.23. The van der Waals surface area contributed by atoms with E-state index in [4.69, 9.17) is 0 Å². The summed E-state index contributed by atoms with van der Waals surface area (Å²) in [6.45, 7) is 4.01. The van der Waals surface area contributed by atoms with Gasteiger partial charge in [0.1, 0.15) is 17.2 Å². The zero-order chi connectivity index (χ0) is 20.5. The Hall–Kier alpha value is -3.61. The second kappa shape index (κ2) is 7.43. The lowest BCUT2D eigenvalue weighted by molar-refractivity contribution is 0.0952. The Morgan fingerprint density at radius 2 is 1.90 bits per heavy atom. The average Bonchev–Trinajstić information content (AvgIpc) is 3.13. The van der Waals surface area contributed by atoms with Gasteiger partial charge in [-0.05, 0) is 43.2 Å². The van der Waals surface area contributed by atoms with E-state index in [1.54, 1.807) is 10.7 Å². The Morgan fingerprint density at radius 3 is 2.66 bits per heavy atom. The highest BCUT2D eigenvalue weighted by atomic mass is 19.1. The van der Waals surface area contributed by atoms with Gasteiger partial charge in [0.25, 0.3) is 5.91 Å². The maximum absolute atomic E-state index is 13.8. The molecule has 146 valence electrons. The van der Waals surface area contributed by atoms with Gasteiger partial charge in [-0.3, -0.25) is 4.79 Å². The van der Waals surface area contributed by atoms with Gasteiger partial charge >= 0.3 is 0 Å². The summed E-state index contributed by atoms with van der Waals surface area (Å²) in [5, 5.41) is 6.96. The van der Waals surface area contributed by atoms with E-state index < -0.39 is 17.5 Å². The number of aromatic nitrogens is 3. The number of fused-ring (bicyclic) bond motifs is 1. The van der Waals surface area contributed by atoms with Crippen molar-refractivity contribution in [2.75, 3.05) is 0 Å². The van der Waals surface area contributed by atoms with E-state index in [0.29, 0.717) is 5.65 Å². The summed E-state index contributed by atoms with van der Waals surface area (Å²) >= 11 is 0. The first-order valence-electron chi connectivity index (χ1n) is 9.06. The molecule has 5 nitrogen and oxygen atoms in total. The molecule has 2 aromatic heterocycles. The highest BCUT2D eigenvalue weighted by molar-refractivity contribution is 5.99. The quantitative estimate of drug-likeness (QED) is 0.566. The molecule has 0 saturated carbocycles. The summed E-state index contributed by atoms with van der Waals surface area (Å²) in [4.78, 5) is 16.9. The zero-order valence-corrected chi connectivity index (χ0v) is 15.9. The molecular weight excluding hydrogens is 374 g/mol. The standard InChI is InChI=1S/C22H18F2N4O/c1-13-3-4-15(9-14(13)2)20-7-8-25-21-18(12-27-28(20)21)22(29)26-11-16-5-6-17(23)10-19(16)24/h3-10,12H,11H2,1-2H3,(H,26,29). The summed E-state index contributed by atoms with van der Waals surface area (Å²) in [7, 11) is 0. The summed E-state index contributed by atoms with van der Waals surface area (Å²) in [6.07, 6.45) is 3.06. The molecule has 0 aliphatic heterocycles. The number of nitrogens with zero attached hydrogens (tertiary/aromatic N) is 3. The van der Waals surface area contributed by atoms with Crippen molar-refractivity contribution in [1.82, 2.24) is 19.9 Å². The average molecular weight is 392 g/mol. The van der Waals surface area contributed by atoms with Crippen molar-refractivity contribution >= 4 is 11.6 Å². The zero-order valence-electron chi connectivity index (χ0n) is 15.9. The number of hydrogen-bond acceptors (Lipinski definition) is 3. The van der Waals surface area contributed by atoms with Gasteiger partial charge in [-0.25, -0.2) is 18.3 Å². The Balaban J connectivity index is 1.63. The van der Waals surface area contributed by atoms with E-state index in [2.05, 4.69) is 21.5 Å². The first-order chi connectivity index (χ1) is 13.9. The molecule has 7 heteroatoms. The fourth-order valence-corrected chi connectivity index (χ4v) is 3.11. The highest BCUT2D eigenvalue weighted by Crippen LogP contribution is 2.23. The van der Waals surface area contributed by atoms with Crippen LogP contribution < -0.4 is 5.32 Å². The van der Waals surface area contributed by atoms with Crippen LogP contribution in [0, 0.1) is 25.5 Å². The third-order valence-electron chi connectivity index (χ3n) is 4.90. The van der Waals surface area contributed by atoms with E-state index in [9.17, 15) is 13.6 Å². The molecule has 29 heavy (non-hydrogen) atoms. The molecule has 0 fully saturated rings. The van der Waals surface area contributed by atoms with Gasteiger partial charge < -0.3 is 5.32 Å². The van der Waals surface area contributed by atoms with Crippen LogP contribution >= 0.6 is 0 Å². The molecule has 1 amide bonds. The number of rotatable bonds is 4. The lowest BCUT2D eigenvalue weighted by Gasteiger charge is -2.08. The van der Waals surface area contributed by atoms with E-state index in [-0.39, 0.29) is 17.7 Å². The van der Waals surface area contributed by atoms with Crippen molar-refractivity contribution in [3.8, 4) is 11.3 Å². The van der Waals surface area contributed by atoms with Crippen LogP contribution in [0.15, 0.2) is 54.9 Å². The Labute approximate surface area is 166 Å². The number of halogens is 2. The van der Waals surface area contributed by atoms with Crippen LogP contribution in [0.3, 0.4) is 0 Å². The van der Waals surface area contributed by atoms with Crippen LogP contribution in [0.5, 0.6) is 0 Å². The Bertz CT molecular complexity index is 1230. The topological polar surface area (TPSA) is 59.3 Å². The predicted molar refractivity (Wildman–Crippen MR) is 105 cm³/mol. The summed E-state index contributed by atoms with van der Waals surface area (Å²) in [5.41, 5.74) is 4.98. The smallest absolute Gasteiger partial charge is 0.257 e. The number of hydrogen-bond donors (Lipinski definition) is 1. The van der Waals surface area contributed by atoms with E-state index >= 15 is 0 Å². The van der Waals surface area contributed by atoms with Crippen LogP contribution in [0.1, 0.15) is 27.0 Å². The molecule has 4 rings (SSSR count). The van der Waals surface area contributed by atoms with Crippen LogP contribution in [0.4, 0.5) is 8.78 Å². The van der Waals surface area contributed by atoms with Gasteiger partial charge in [0.15, 0.2) is 5.65 Å². The lowest BCUT2D eigenvalue weighted by atomic mass is 10.0. The third kappa shape index (κ3) is 3.59. The largest absolute Gasteiger partial charge is 0.348 e. The summed E-state index contributed by atoms with van der Waals surface area (Å²) in [5.74, 6) is -1.81. The maximum Gasteiger partial charge on any atom is 0.257 e. The van der Waals surface area contributed by atoms with Gasteiger partial charge in [-0.2, -0.15) is 5.10 Å². The van der Waals surface area contributed by atoms with Crippen molar-refractivity contribution in [2.45, 2.75) is 20.4 Å². The van der Waals surface area contributed by atoms with Crippen molar-refractivity contribution in [1.29, 1.82) is 0 Å². The minimum atomic E-state index is -0.708. The molecule has 0 aliphatic rings. The first kappa shape index (κ1) is 18.7. The number of carbonyl (C=O) groups is 1. The normalized spacial score (nSPS) is 11.0. The fourth-order valence-electron chi connectivity index (χ4n) is 3.11. The molecule has 4 aromatic rings. The predicted octanol–water partition coefficient (Wildman–Crippen LogP) is 4.22. The molecule has 0 aliphatic carbocycles. The fraction of sp³-hybridized carbons (Fsp3) is 0.136. The van der Waals surface area contributed by atoms with Gasteiger partial charge in [0.2, 0.25) is 0 Å². The van der Waals surface area contributed by atoms with E-state index in [0.717, 1.165) is 29.0 Å². The van der Waals surface area contributed by atoms with Gasteiger partial charge in [-0.15, -0.1) is 0 Å². The molecule has 2 heterocycles. The molecule has 1 N–H and O–H groups in total. The first-order valence-corrected chi connectivity index (χ1v) is 9.06. The highest BCUT2D eigenvalue weighted by Gasteiger charge is 2.17. The van der Waals surface area contributed by atoms with Gasteiger partial charge in [0, 0.05) is 29.9 Å². The van der Waals surface area contributed by atoms with Crippen LogP contribution in [0.25, 0.3) is 16.9 Å². The van der Waals surface area contributed by atoms with Crippen LogP contribution in [0.2, 0.25) is 0 Å². The monoisotopic (exact) mass is 392 g/mol. The van der Waals surface area contributed by atoms with Crippen LogP contribution in [-0.2, 0) is 6.54 Å². The molecule has 0 spiro atoms. The number of nitrogens with one attached hydrogen (secondary N) is 1. The van der Waals surface area contributed by atoms with Crippen LogP contribution in [-0.4, -0.2) is 20.5 Å². The SMILES string of the molecule is Cc1ccc(-c2ccnc3c(C(=O)NCc4ccc(F)cc4F)cnn23)cc1C. The number of benzene rings is 2. The molecule has 0 atom stereocenters. The second-order valence-corrected chi connectivity index (χ2v) is 6.84. The number of amides is 1. The van der Waals surface area contributed by atoms with Gasteiger partial charge in [-0.1, -0.05) is 18.2 Å². The van der Waals surface area contributed by atoms with Gasteiger partial charge in [0.05, 0.1) is 11.9 Å². The second-order valence-electron chi connectivity index (χ2n) is 6.84. The maximum atomic E-state index is 13.8. The molecule has 0 radical (unpaired) electrons. The summed E-state index contributed by atoms with van der Waals surface area (Å²) < 4.78 is 28.4. The Kier molecular flexibility index (Phi) is 4.80. The van der Waals surface area contributed by atoms with Crippen molar-refractivity contribution in [2.24, 2.45) is 0 Å². The Morgan fingerprint density at radius 1 is 1.07 bits per heavy atom. The van der Waals surface area contributed by atoms with E-state index in [1.807, 2.05) is 32.0 Å². The minimum absolute atomic E-state index is 0.0703. The number of aryl methyl sites for hydroxylation is 2. The van der Waals surface area contributed by atoms with Crippen molar-refractivity contribution in [3.05, 3.63) is 88.7 Å². The molecule has 2 aromatic carbocycles. The minimum Gasteiger partial charge on any atom is -0.348 e. The third-order valence-corrected chi connectivity index (χ3v) is 4.90. The van der Waals surface area contributed by atoms with Crippen molar-refractivity contribution < 1.29 is 13.6 Å². The summed E-state index contributed by atoms with van der Waals surface area (Å²) in [6, 6.07) is 11.2.